The Hall–Kier alpha value is -4.82. The minimum absolute atomic E-state index is 0.00814. The molecule has 0 radical (unpaired) electrons. The Morgan fingerprint density at radius 1 is 0.786 bits per heavy atom. The maximum absolute atomic E-state index is 14.0. The van der Waals surface area contributed by atoms with E-state index >= 15 is 0 Å². The number of para-hydroxylation sites is 1. The van der Waals surface area contributed by atoms with Crippen LogP contribution in [0.1, 0.15) is 45.4 Å². The van der Waals surface area contributed by atoms with Crippen molar-refractivity contribution in [1.29, 1.82) is 0 Å². The van der Waals surface area contributed by atoms with Gasteiger partial charge >= 0.3 is 5.97 Å². The quantitative estimate of drug-likeness (QED) is 0.111. The maximum Gasteiger partial charge on any atom is 0.338 e. The van der Waals surface area contributed by atoms with E-state index in [1.165, 1.54) is 9.80 Å². The average molecular weight is 578 g/mol. The summed E-state index contributed by atoms with van der Waals surface area (Å²) < 4.78 is 7.15. The highest BCUT2D eigenvalue weighted by Gasteiger charge is 2.41. The molecule has 42 heavy (non-hydrogen) atoms. The van der Waals surface area contributed by atoms with Crippen LogP contribution >= 0.6 is 12.2 Å². The summed E-state index contributed by atoms with van der Waals surface area (Å²) in [4.78, 5) is 43.2. The highest BCUT2D eigenvalue weighted by molar-refractivity contribution is 7.81. The lowest BCUT2D eigenvalue weighted by atomic mass is 10.0. The van der Waals surface area contributed by atoms with Crippen molar-refractivity contribution in [1.82, 2.24) is 4.57 Å². The van der Waals surface area contributed by atoms with Crippen molar-refractivity contribution in [2.24, 2.45) is 0 Å². The fourth-order valence-electron chi connectivity index (χ4n) is 5.10. The van der Waals surface area contributed by atoms with E-state index in [2.05, 4.69) is 0 Å². The zero-order chi connectivity index (χ0) is 30.1. The molecule has 1 fully saturated rings. The molecule has 8 heteroatoms. The van der Waals surface area contributed by atoms with Gasteiger partial charge in [0.2, 0.25) is 0 Å². The van der Waals surface area contributed by atoms with E-state index in [0.29, 0.717) is 22.5 Å². The largest absolute Gasteiger partial charge is 0.462 e. The molecule has 3 aromatic carbocycles. The summed E-state index contributed by atoms with van der Waals surface area (Å²) in [7, 11) is 0. The number of esters is 1. The average Bonchev–Trinajstić information content (AvgIpc) is 3.25. The summed E-state index contributed by atoms with van der Waals surface area (Å²) in [5.41, 5.74) is 6.83. The second kappa shape index (κ2) is 11.6. The Morgan fingerprint density at radius 3 is 2.12 bits per heavy atom. The second-order valence-corrected chi connectivity index (χ2v) is 10.5. The van der Waals surface area contributed by atoms with Gasteiger partial charge in [0.25, 0.3) is 11.8 Å². The molecule has 0 spiro atoms. The van der Waals surface area contributed by atoms with Gasteiger partial charge in [0, 0.05) is 17.1 Å². The molecule has 2 heterocycles. The molecule has 0 N–H and O–H groups in total. The highest BCUT2D eigenvalue weighted by atomic mass is 32.1. The Balaban J connectivity index is 1.63. The number of nitrogens with zero attached hydrogens (tertiary/aromatic N) is 3. The van der Waals surface area contributed by atoms with E-state index in [1.807, 2.05) is 80.8 Å². The molecule has 0 unspecified atom stereocenters. The van der Waals surface area contributed by atoms with Crippen LogP contribution in [-0.2, 0) is 14.3 Å². The van der Waals surface area contributed by atoms with Crippen LogP contribution in [0.25, 0.3) is 11.8 Å². The SMILES string of the molecule is CCOC(=O)c1cccc(-n2c(C)cc(/C=C3/C(=O)N(c4ccccc4)C(=S)N(c4ccc(C)c(C)c4)C3=O)c2C)c1. The van der Waals surface area contributed by atoms with E-state index in [4.69, 9.17) is 17.0 Å². The topological polar surface area (TPSA) is 71.8 Å². The lowest BCUT2D eigenvalue weighted by molar-refractivity contribution is -0.120. The molecule has 1 aliphatic heterocycles. The predicted octanol–water partition coefficient (Wildman–Crippen LogP) is 6.64. The van der Waals surface area contributed by atoms with Crippen LogP contribution in [0.2, 0.25) is 0 Å². The number of hydrogen-bond acceptors (Lipinski definition) is 5. The number of benzene rings is 3. The smallest absolute Gasteiger partial charge is 0.338 e. The van der Waals surface area contributed by atoms with Crippen molar-refractivity contribution in [3.8, 4) is 5.69 Å². The summed E-state index contributed by atoms with van der Waals surface area (Å²) in [5, 5.41) is 0.0952. The first-order valence-electron chi connectivity index (χ1n) is 13.7. The van der Waals surface area contributed by atoms with Crippen molar-refractivity contribution in [2.45, 2.75) is 34.6 Å². The summed E-state index contributed by atoms with van der Waals surface area (Å²) >= 11 is 5.77. The number of hydrogen-bond donors (Lipinski definition) is 0. The van der Waals surface area contributed by atoms with Crippen molar-refractivity contribution >= 4 is 52.6 Å². The molecule has 212 valence electrons. The van der Waals surface area contributed by atoms with Gasteiger partial charge in [-0.1, -0.05) is 30.3 Å². The van der Waals surface area contributed by atoms with Gasteiger partial charge in [0.15, 0.2) is 5.11 Å². The van der Waals surface area contributed by atoms with Crippen LogP contribution in [0, 0.1) is 27.7 Å². The first kappa shape index (κ1) is 28.7. The van der Waals surface area contributed by atoms with Crippen LogP contribution in [-0.4, -0.2) is 34.1 Å². The molecule has 1 aliphatic rings. The minimum Gasteiger partial charge on any atom is -0.462 e. The molecule has 5 rings (SSSR count). The minimum atomic E-state index is -0.495. The van der Waals surface area contributed by atoms with Crippen LogP contribution in [0.4, 0.5) is 11.4 Å². The number of carbonyl (C=O) groups is 3. The zero-order valence-corrected chi connectivity index (χ0v) is 25.0. The molecule has 0 saturated carbocycles. The van der Waals surface area contributed by atoms with Gasteiger partial charge in [0.1, 0.15) is 5.57 Å². The molecule has 0 atom stereocenters. The summed E-state index contributed by atoms with van der Waals surface area (Å²) in [5.74, 6) is -1.38. The van der Waals surface area contributed by atoms with Crippen molar-refractivity contribution in [3.63, 3.8) is 0 Å². The van der Waals surface area contributed by atoms with Crippen molar-refractivity contribution in [3.05, 3.63) is 118 Å². The summed E-state index contributed by atoms with van der Waals surface area (Å²) in [6.45, 7) is 9.87. The molecule has 1 aromatic heterocycles. The lowest BCUT2D eigenvalue weighted by Crippen LogP contribution is -2.57. The standard InChI is InChI=1S/C34H31N3O4S/c1-6-41-33(40)25-11-10-14-28(19-25)35-23(4)18-26(24(35)5)20-30-31(38)36(27-12-8-7-9-13-27)34(42)37(32(30)39)29-16-15-21(2)22(3)17-29/h7-20H,6H2,1-5H3/b30-20-. The summed E-state index contributed by atoms with van der Waals surface area (Å²) in [6.07, 6.45) is 1.63. The van der Waals surface area contributed by atoms with Crippen LogP contribution in [0.15, 0.2) is 84.4 Å². The van der Waals surface area contributed by atoms with Gasteiger partial charge in [0.05, 0.1) is 23.5 Å². The molecule has 2 amide bonds. The van der Waals surface area contributed by atoms with Gasteiger partial charge in [-0.25, -0.2) is 4.79 Å². The monoisotopic (exact) mass is 577 g/mol. The Morgan fingerprint density at radius 2 is 1.45 bits per heavy atom. The third-order valence-corrected chi connectivity index (χ3v) is 7.76. The summed E-state index contributed by atoms with van der Waals surface area (Å²) in [6, 6.07) is 23.8. The van der Waals surface area contributed by atoms with Gasteiger partial charge < -0.3 is 9.30 Å². The number of amides is 2. The normalized spacial score (nSPS) is 14.6. The number of carbonyl (C=O) groups excluding carboxylic acids is 3. The second-order valence-electron chi connectivity index (χ2n) is 10.2. The number of rotatable bonds is 6. The van der Waals surface area contributed by atoms with Gasteiger partial charge in [-0.3, -0.25) is 19.4 Å². The Kier molecular flexibility index (Phi) is 7.91. The van der Waals surface area contributed by atoms with Crippen molar-refractivity contribution in [2.75, 3.05) is 16.4 Å². The Labute approximate surface area is 250 Å². The fraction of sp³-hybridized carbons (Fsp3) is 0.176. The third kappa shape index (κ3) is 5.17. The highest BCUT2D eigenvalue weighted by Crippen LogP contribution is 2.32. The first-order chi connectivity index (χ1) is 20.1. The predicted molar refractivity (Wildman–Crippen MR) is 169 cm³/mol. The van der Waals surface area contributed by atoms with Gasteiger partial charge in [-0.2, -0.15) is 0 Å². The molecule has 0 aliphatic carbocycles. The number of anilines is 2. The van der Waals surface area contributed by atoms with E-state index in [-0.39, 0.29) is 17.3 Å². The van der Waals surface area contributed by atoms with E-state index < -0.39 is 17.8 Å². The number of aryl methyl sites for hydroxylation is 3. The number of ether oxygens (including phenoxy) is 1. The number of aromatic nitrogens is 1. The zero-order valence-electron chi connectivity index (χ0n) is 24.2. The molecule has 0 bridgehead atoms. The molecule has 7 nitrogen and oxygen atoms in total. The fourth-order valence-corrected chi connectivity index (χ4v) is 5.48. The number of thiocarbonyl (C=S) groups is 1. The molecule has 1 saturated heterocycles. The first-order valence-corrected chi connectivity index (χ1v) is 14.1. The molecular weight excluding hydrogens is 546 g/mol. The maximum atomic E-state index is 14.0. The van der Waals surface area contributed by atoms with E-state index in [9.17, 15) is 14.4 Å². The van der Waals surface area contributed by atoms with Gasteiger partial charge in [-0.15, -0.1) is 0 Å². The lowest BCUT2D eigenvalue weighted by Gasteiger charge is -2.36. The molecular formula is C34H31N3O4S. The molecule has 4 aromatic rings. The van der Waals surface area contributed by atoms with E-state index in [1.54, 1.807) is 43.3 Å². The van der Waals surface area contributed by atoms with Gasteiger partial charge in [-0.05, 0) is 118 Å². The third-order valence-electron chi connectivity index (χ3n) is 7.40. The van der Waals surface area contributed by atoms with Crippen LogP contribution in [0.3, 0.4) is 0 Å². The van der Waals surface area contributed by atoms with E-state index in [0.717, 1.165) is 28.2 Å². The van der Waals surface area contributed by atoms with Crippen LogP contribution in [0.5, 0.6) is 0 Å². The Bertz CT molecular complexity index is 1770. The van der Waals surface area contributed by atoms with Crippen molar-refractivity contribution < 1.29 is 19.1 Å². The van der Waals surface area contributed by atoms with Crippen LogP contribution < -0.4 is 9.80 Å².